The number of anilines is 1. The second kappa shape index (κ2) is 12.1. The molecule has 0 aromatic heterocycles. The number of amides is 2. The van der Waals surface area contributed by atoms with Gasteiger partial charge in [0.2, 0.25) is 0 Å². The number of hydrazone groups is 1. The zero-order chi connectivity index (χ0) is 24.6. The van der Waals surface area contributed by atoms with Crippen molar-refractivity contribution >= 4 is 34.5 Å². The molecule has 0 saturated carbocycles. The highest BCUT2D eigenvalue weighted by Crippen LogP contribution is 2.23. The Morgan fingerprint density at radius 3 is 2.77 bits per heavy atom. The number of hydrogen-bond acceptors (Lipinski definition) is 7. The molecule has 1 fully saturated rings. The van der Waals surface area contributed by atoms with Gasteiger partial charge in [-0.05, 0) is 42.3 Å². The Labute approximate surface area is 206 Å². The highest BCUT2D eigenvalue weighted by molar-refractivity contribution is 8.14. The van der Waals surface area contributed by atoms with E-state index in [1.54, 1.807) is 24.3 Å². The minimum Gasteiger partial charge on any atom is -0.449 e. The molecule has 0 radical (unpaired) electrons. The summed E-state index contributed by atoms with van der Waals surface area (Å²) in [6.45, 7) is 4.56. The first-order valence-electron chi connectivity index (χ1n) is 11.3. The minimum absolute atomic E-state index is 0.156. The smallest absolute Gasteiger partial charge is 0.411 e. The summed E-state index contributed by atoms with van der Waals surface area (Å²) in [6, 6.07) is 10.6. The zero-order valence-electron chi connectivity index (χ0n) is 19.0. The van der Waals surface area contributed by atoms with Gasteiger partial charge in [0.25, 0.3) is 0 Å². The molecule has 11 heteroatoms. The van der Waals surface area contributed by atoms with Crippen LogP contribution < -0.4 is 5.32 Å². The fraction of sp³-hybridized carbons (Fsp3) is 0.375. The number of ether oxygens (including phenoxy) is 2. The molecule has 2 amide bonds. The van der Waals surface area contributed by atoms with E-state index >= 15 is 0 Å². The van der Waals surface area contributed by atoms with Crippen LogP contribution in [0.25, 0.3) is 0 Å². The summed E-state index contributed by atoms with van der Waals surface area (Å²) in [6.07, 6.45) is 0.188. The average molecular weight is 505 g/mol. The summed E-state index contributed by atoms with van der Waals surface area (Å²) >= 11 is 1.03. The lowest BCUT2D eigenvalue weighted by Crippen LogP contribution is -2.37. The zero-order valence-corrected chi connectivity index (χ0v) is 19.9. The molecule has 0 spiro atoms. The number of benzene rings is 2. The molecule has 2 heterocycles. The lowest BCUT2D eigenvalue weighted by atomic mass is 10.1. The topological polar surface area (TPSA) is 83.5 Å². The van der Waals surface area contributed by atoms with Crippen LogP contribution in [0.1, 0.15) is 17.5 Å². The Morgan fingerprint density at radius 2 is 1.97 bits per heavy atom. The minimum atomic E-state index is -0.967. The van der Waals surface area contributed by atoms with Gasteiger partial charge in [0, 0.05) is 36.6 Å². The van der Waals surface area contributed by atoms with Gasteiger partial charge in [-0.25, -0.2) is 18.6 Å². The number of carbonyl (C=O) groups excluding carboxylic acids is 2. The van der Waals surface area contributed by atoms with E-state index in [1.807, 2.05) is 0 Å². The van der Waals surface area contributed by atoms with Crippen LogP contribution >= 0.6 is 11.8 Å². The number of thioether (sulfide) groups is 1. The van der Waals surface area contributed by atoms with E-state index in [0.29, 0.717) is 23.6 Å². The molecule has 2 aromatic carbocycles. The first-order valence-corrected chi connectivity index (χ1v) is 12.3. The molecule has 2 aliphatic heterocycles. The van der Waals surface area contributed by atoms with Crippen molar-refractivity contribution in [2.24, 2.45) is 5.10 Å². The monoisotopic (exact) mass is 504 g/mol. The quantitative estimate of drug-likeness (QED) is 0.540. The van der Waals surface area contributed by atoms with Gasteiger partial charge < -0.3 is 9.47 Å². The van der Waals surface area contributed by atoms with Gasteiger partial charge in [-0.1, -0.05) is 23.9 Å². The number of carbonyl (C=O) groups is 2. The summed E-state index contributed by atoms with van der Waals surface area (Å²) in [4.78, 5) is 26.8. The molecule has 8 nitrogen and oxygen atoms in total. The molecular weight excluding hydrogens is 478 g/mol. The van der Waals surface area contributed by atoms with E-state index in [0.717, 1.165) is 68.7 Å². The summed E-state index contributed by atoms with van der Waals surface area (Å²) in [5, 5.41) is 8.06. The Morgan fingerprint density at radius 1 is 1.14 bits per heavy atom. The fourth-order valence-corrected chi connectivity index (χ4v) is 4.43. The van der Waals surface area contributed by atoms with Gasteiger partial charge in [-0.15, -0.1) is 0 Å². The summed E-state index contributed by atoms with van der Waals surface area (Å²) in [7, 11) is 0. The van der Waals surface area contributed by atoms with Gasteiger partial charge in [-0.3, -0.25) is 15.0 Å². The predicted molar refractivity (Wildman–Crippen MR) is 130 cm³/mol. The van der Waals surface area contributed by atoms with Crippen molar-refractivity contribution in [1.82, 2.24) is 9.91 Å². The molecule has 0 aliphatic carbocycles. The maximum atomic E-state index is 13.6. The standard InChI is InChI=1S/C24H26F2N4O4S/c25-20-6-5-18(14-21(20)26)22-16-35-24(32)30(28-22)15-17-3-1-4-19(13-17)27-23(31)34-10-2-7-29-8-11-33-12-9-29/h1,3-6,13-14H,2,7-12,15-16H2,(H,27,31). The lowest BCUT2D eigenvalue weighted by molar-refractivity contribution is 0.0348. The number of hydrogen-bond donors (Lipinski definition) is 1. The third-order valence-corrected chi connectivity index (χ3v) is 6.37. The third-order valence-electron chi connectivity index (χ3n) is 5.50. The van der Waals surface area contributed by atoms with E-state index in [9.17, 15) is 18.4 Å². The Bertz CT molecular complexity index is 1090. The van der Waals surface area contributed by atoms with Gasteiger partial charge in [0.15, 0.2) is 11.6 Å². The van der Waals surface area contributed by atoms with Crippen LogP contribution in [0, 0.1) is 11.6 Å². The van der Waals surface area contributed by atoms with Crippen LogP contribution in [0.2, 0.25) is 0 Å². The van der Waals surface area contributed by atoms with Crippen LogP contribution in [-0.2, 0) is 16.0 Å². The SMILES string of the molecule is O=C(Nc1cccc(CN2N=C(c3ccc(F)c(F)c3)CSC2=O)c1)OCCCN1CCOCC1. The number of nitrogens with one attached hydrogen (secondary N) is 1. The van der Waals surface area contributed by atoms with Gasteiger partial charge in [0.1, 0.15) is 0 Å². The second-order valence-electron chi connectivity index (χ2n) is 8.06. The van der Waals surface area contributed by atoms with E-state index < -0.39 is 17.7 Å². The van der Waals surface area contributed by atoms with E-state index in [-0.39, 0.29) is 17.5 Å². The normalized spacial score (nSPS) is 16.7. The first kappa shape index (κ1) is 25.1. The van der Waals surface area contributed by atoms with Crippen molar-refractivity contribution in [3.8, 4) is 0 Å². The summed E-state index contributed by atoms with van der Waals surface area (Å²) < 4.78 is 37.5. The van der Waals surface area contributed by atoms with Crippen molar-refractivity contribution in [3.63, 3.8) is 0 Å². The van der Waals surface area contributed by atoms with Crippen LogP contribution in [0.5, 0.6) is 0 Å². The fourth-order valence-electron chi connectivity index (χ4n) is 3.69. The predicted octanol–water partition coefficient (Wildman–Crippen LogP) is 4.31. The van der Waals surface area contributed by atoms with Crippen LogP contribution in [0.4, 0.5) is 24.1 Å². The maximum absolute atomic E-state index is 13.6. The molecule has 0 atom stereocenters. The molecule has 186 valence electrons. The highest BCUT2D eigenvalue weighted by Gasteiger charge is 2.23. The van der Waals surface area contributed by atoms with Gasteiger partial charge in [-0.2, -0.15) is 5.10 Å². The van der Waals surface area contributed by atoms with Crippen LogP contribution in [0.15, 0.2) is 47.6 Å². The van der Waals surface area contributed by atoms with Crippen LogP contribution in [0.3, 0.4) is 0 Å². The van der Waals surface area contributed by atoms with Crippen molar-refractivity contribution in [3.05, 3.63) is 65.2 Å². The molecule has 0 unspecified atom stereocenters. The average Bonchev–Trinajstić information content (AvgIpc) is 2.86. The molecule has 35 heavy (non-hydrogen) atoms. The van der Waals surface area contributed by atoms with E-state index in [4.69, 9.17) is 9.47 Å². The van der Waals surface area contributed by atoms with E-state index in [1.165, 1.54) is 11.1 Å². The lowest BCUT2D eigenvalue weighted by Gasteiger charge is -2.26. The maximum Gasteiger partial charge on any atom is 0.411 e. The van der Waals surface area contributed by atoms with Crippen molar-refractivity contribution in [2.45, 2.75) is 13.0 Å². The largest absolute Gasteiger partial charge is 0.449 e. The first-order chi connectivity index (χ1) is 17.0. The summed E-state index contributed by atoms with van der Waals surface area (Å²) in [5.41, 5.74) is 2.16. The van der Waals surface area contributed by atoms with Crippen molar-refractivity contribution < 1.29 is 27.8 Å². The Kier molecular flexibility index (Phi) is 8.67. The van der Waals surface area contributed by atoms with E-state index in [2.05, 4.69) is 15.3 Å². The molecular formula is C24H26F2N4O4S. The molecule has 1 N–H and O–H groups in total. The molecule has 2 aromatic rings. The second-order valence-corrected chi connectivity index (χ2v) is 8.98. The third kappa shape index (κ3) is 7.23. The van der Waals surface area contributed by atoms with Crippen LogP contribution in [-0.4, -0.2) is 72.2 Å². The van der Waals surface area contributed by atoms with Crippen molar-refractivity contribution in [2.75, 3.05) is 50.5 Å². The molecule has 0 bridgehead atoms. The Hall–Kier alpha value is -3.02. The van der Waals surface area contributed by atoms with Crippen molar-refractivity contribution in [1.29, 1.82) is 0 Å². The molecule has 1 saturated heterocycles. The van der Waals surface area contributed by atoms with Gasteiger partial charge in [0.05, 0.1) is 32.1 Å². The summed E-state index contributed by atoms with van der Waals surface area (Å²) in [5.74, 6) is -1.64. The van der Waals surface area contributed by atoms with Gasteiger partial charge >= 0.3 is 11.3 Å². The number of morpholine rings is 1. The number of nitrogens with zero attached hydrogens (tertiary/aromatic N) is 3. The number of rotatable bonds is 8. The number of halogens is 2. The highest BCUT2D eigenvalue weighted by atomic mass is 32.2. The molecule has 4 rings (SSSR count). The molecule has 2 aliphatic rings. The Balaban J connectivity index is 1.31.